The quantitative estimate of drug-likeness (QED) is 0.832. The second kappa shape index (κ2) is 7.09. The third-order valence-electron chi connectivity index (χ3n) is 4.11. The molecule has 3 rings (SSSR count). The van der Waals surface area contributed by atoms with Gasteiger partial charge < -0.3 is 24.2 Å². The van der Waals surface area contributed by atoms with E-state index in [-0.39, 0.29) is 17.3 Å². The Labute approximate surface area is 152 Å². The fourth-order valence-corrected chi connectivity index (χ4v) is 2.86. The summed E-state index contributed by atoms with van der Waals surface area (Å²) in [4.78, 5) is 14.6. The van der Waals surface area contributed by atoms with Crippen molar-refractivity contribution >= 4 is 11.9 Å². The van der Waals surface area contributed by atoms with Crippen LogP contribution in [0.25, 0.3) is 6.08 Å². The zero-order valence-corrected chi connectivity index (χ0v) is 15.2. The van der Waals surface area contributed by atoms with Crippen molar-refractivity contribution in [3.8, 4) is 23.0 Å². The van der Waals surface area contributed by atoms with Gasteiger partial charge in [-0.3, -0.25) is 4.79 Å². The Morgan fingerprint density at radius 2 is 1.92 bits per heavy atom. The van der Waals surface area contributed by atoms with Gasteiger partial charge in [0.15, 0.2) is 5.76 Å². The number of fused-ring (bicyclic) bond motifs is 1. The molecule has 0 atom stereocenters. The Bertz CT molecular complexity index is 886. The lowest BCUT2D eigenvalue weighted by atomic mass is 10.0. The van der Waals surface area contributed by atoms with E-state index in [1.807, 2.05) is 19.0 Å². The lowest BCUT2D eigenvalue weighted by Crippen LogP contribution is -2.11. The van der Waals surface area contributed by atoms with Crippen molar-refractivity contribution in [2.45, 2.75) is 6.54 Å². The Morgan fingerprint density at radius 3 is 2.58 bits per heavy atom. The lowest BCUT2D eigenvalue weighted by molar-refractivity contribution is 0.101. The van der Waals surface area contributed by atoms with Gasteiger partial charge in [-0.15, -0.1) is 0 Å². The maximum Gasteiger partial charge on any atom is 0.231 e. The molecule has 1 aliphatic rings. The van der Waals surface area contributed by atoms with E-state index in [1.165, 1.54) is 6.07 Å². The van der Waals surface area contributed by atoms with Crippen LogP contribution in [0.5, 0.6) is 23.0 Å². The smallest absolute Gasteiger partial charge is 0.231 e. The number of nitrogens with zero attached hydrogens (tertiary/aromatic N) is 1. The highest BCUT2D eigenvalue weighted by Gasteiger charge is 2.31. The number of rotatable bonds is 5. The molecule has 6 nitrogen and oxygen atoms in total. The largest absolute Gasteiger partial charge is 0.507 e. The van der Waals surface area contributed by atoms with Crippen LogP contribution in [0.4, 0.5) is 0 Å². The third-order valence-corrected chi connectivity index (χ3v) is 4.11. The molecular formula is C20H21NO5. The molecule has 6 heteroatoms. The Morgan fingerprint density at radius 1 is 1.15 bits per heavy atom. The summed E-state index contributed by atoms with van der Waals surface area (Å²) in [6, 6.07) is 8.41. The first kappa shape index (κ1) is 17.8. The Balaban J connectivity index is 2.04. The number of ether oxygens (including phenoxy) is 3. The van der Waals surface area contributed by atoms with Crippen molar-refractivity contribution in [2.75, 3.05) is 28.3 Å². The molecule has 0 saturated carbocycles. The van der Waals surface area contributed by atoms with Crippen molar-refractivity contribution in [1.82, 2.24) is 4.90 Å². The number of carbonyl (C=O) groups excluding carboxylic acids is 1. The third kappa shape index (κ3) is 3.23. The molecule has 0 amide bonds. The van der Waals surface area contributed by atoms with E-state index in [4.69, 9.17) is 14.2 Å². The molecular weight excluding hydrogens is 334 g/mol. The molecule has 0 spiro atoms. The standard InChI is InChI=1S/C20H21NO5/c1-21(2)11-15-16(22)7-6-14-19(23)18(26-20(14)15)10-12-9-13(24-3)5-8-17(12)25-4/h5-10,22H,11H2,1-4H3. The summed E-state index contributed by atoms with van der Waals surface area (Å²) in [7, 11) is 6.90. The Kier molecular flexibility index (Phi) is 4.86. The van der Waals surface area contributed by atoms with Crippen LogP contribution in [0.15, 0.2) is 36.1 Å². The molecule has 136 valence electrons. The van der Waals surface area contributed by atoms with Gasteiger partial charge in [-0.05, 0) is 50.5 Å². The zero-order chi connectivity index (χ0) is 18.8. The van der Waals surface area contributed by atoms with Gasteiger partial charge >= 0.3 is 0 Å². The molecule has 2 aromatic rings. The first-order valence-electron chi connectivity index (χ1n) is 8.10. The highest BCUT2D eigenvalue weighted by atomic mass is 16.5. The second-order valence-corrected chi connectivity index (χ2v) is 6.23. The van der Waals surface area contributed by atoms with Gasteiger partial charge in [-0.2, -0.15) is 0 Å². The SMILES string of the molecule is COc1ccc(OC)c(C=C2Oc3c(ccc(O)c3CN(C)C)C2=O)c1. The topological polar surface area (TPSA) is 68.2 Å². The van der Waals surface area contributed by atoms with E-state index in [2.05, 4.69) is 0 Å². The number of benzene rings is 2. The van der Waals surface area contributed by atoms with Crippen molar-refractivity contribution in [2.24, 2.45) is 0 Å². The van der Waals surface area contributed by atoms with Crippen molar-refractivity contribution in [3.05, 3.63) is 52.8 Å². The highest BCUT2D eigenvalue weighted by Crippen LogP contribution is 2.40. The summed E-state index contributed by atoms with van der Waals surface area (Å²) in [5.41, 5.74) is 1.69. The summed E-state index contributed by atoms with van der Waals surface area (Å²) in [6.07, 6.45) is 1.63. The summed E-state index contributed by atoms with van der Waals surface area (Å²) in [6.45, 7) is 0.456. The minimum atomic E-state index is -0.232. The van der Waals surface area contributed by atoms with E-state index in [0.717, 1.165) is 0 Å². The van der Waals surface area contributed by atoms with Crippen molar-refractivity contribution in [3.63, 3.8) is 0 Å². The number of carbonyl (C=O) groups is 1. The first-order valence-corrected chi connectivity index (χ1v) is 8.10. The average molecular weight is 355 g/mol. The van der Waals surface area contributed by atoms with Gasteiger partial charge in [0.1, 0.15) is 23.0 Å². The first-order chi connectivity index (χ1) is 12.4. The number of allylic oxidation sites excluding steroid dienone is 1. The molecule has 0 saturated heterocycles. The number of ketones is 1. The minimum absolute atomic E-state index is 0.102. The van der Waals surface area contributed by atoms with Crippen LogP contribution in [0, 0.1) is 0 Å². The number of methoxy groups -OCH3 is 2. The van der Waals surface area contributed by atoms with E-state index in [9.17, 15) is 9.90 Å². The normalized spacial score (nSPS) is 14.5. The van der Waals surface area contributed by atoms with Gasteiger partial charge in [-0.25, -0.2) is 0 Å². The molecule has 0 aliphatic carbocycles. The van der Waals surface area contributed by atoms with E-state index < -0.39 is 0 Å². The van der Waals surface area contributed by atoms with Crippen LogP contribution >= 0.6 is 0 Å². The number of phenols is 1. The average Bonchev–Trinajstić information content (AvgIpc) is 2.93. The minimum Gasteiger partial charge on any atom is -0.507 e. The monoisotopic (exact) mass is 355 g/mol. The number of aromatic hydroxyl groups is 1. The van der Waals surface area contributed by atoms with Crippen molar-refractivity contribution < 1.29 is 24.1 Å². The molecule has 2 aromatic carbocycles. The molecule has 0 radical (unpaired) electrons. The van der Waals surface area contributed by atoms with Gasteiger partial charge in [0.25, 0.3) is 0 Å². The van der Waals surface area contributed by atoms with Crippen LogP contribution in [0.2, 0.25) is 0 Å². The maximum atomic E-state index is 12.7. The predicted octanol–water partition coefficient (Wildman–Crippen LogP) is 3.09. The van der Waals surface area contributed by atoms with Crippen LogP contribution in [0.3, 0.4) is 0 Å². The fourth-order valence-electron chi connectivity index (χ4n) is 2.86. The van der Waals surface area contributed by atoms with Gasteiger partial charge in [0.2, 0.25) is 5.78 Å². The molecule has 0 bridgehead atoms. The molecule has 0 aromatic heterocycles. The molecule has 1 N–H and O–H groups in total. The number of hydrogen-bond acceptors (Lipinski definition) is 6. The number of phenolic OH excluding ortho intramolecular Hbond substituents is 1. The highest BCUT2D eigenvalue weighted by molar-refractivity contribution is 6.15. The van der Waals surface area contributed by atoms with Crippen LogP contribution in [0.1, 0.15) is 21.5 Å². The summed E-state index contributed by atoms with van der Waals surface area (Å²) in [5, 5.41) is 10.2. The van der Waals surface area contributed by atoms with E-state index in [0.29, 0.717) is 40.5 Å². The van der Waals surface area contributed by atoms with E-state index in [1.54, 1.807) is 44.6 Å². The molecule has 0 fully saturated rings. The lowest BCUT2D eigenvalue weighted by Gasteiger charge is -2.14. The van der Waals surface area contributed by atoms with Crippen LogP contribution in [-0.4, -0.2) is 44.1 Å². The summed E-state index contributed by atoms with van der Waals surface area (Å²) >= 11 is 0. The number of Topliss-reactive ketones (excluding diaryl/α,β-unsaturated/α-hetero) is 1. The van der Waals surface area contributed by atoms with Crippen molar-refractivity contribution in [1.29, 1.82) is 0 Å². The molecule has 1 heterocycles. The fraction of sp³-hybridized carbons (Fsp3) is 0.250. The predicted molar refractivity (Wildman–Crippen MR) is 98.0 cm³/mol. The molecule has 26 heavy (non-hydrogen) atoms. The van der Waals surface area contributed by atoms with Gasteiger partial charge in [-0.1, -0.05) is 0 Å². The summed E-state index contributed by atoms with van der Waals surface area (Å²) < 4.78 is 16.4. The van der Waals surface area contributed by atoms with Crippen LogP contribution < -0.4 is 14.2 Å². The number of hydrogen-bond donors (Lipinski definition) is 1. The molecule has 0 unspecified atom stereocenters. The van der Waals surface area contributed by atoms with E-state index >= 15 is 0 Å². The second-order valence-electron chi connectivity index (χ2n) is 6.23. The summed E-state index contributed by atoms with van der Waals surface area (Å²) in [5.74, 6) is 1.69. The zero-order valence-electron chi connectivity index (χ0n) is 15.2. The van der Waals surface area contributed by atoms with Gasteiger partial charge in [0, 0.05) is 12.1 Å². The maximum absolute atomic E-state index is 12.7. The Hall–Kier alpha value is -2.99. The molecule has 1 aliphatic heterocycles. The van der Waals surface area contributed by atoms with Gasteiger partial charge in [0.05, 0.1) is 25.3 Å². The van der Waals surface area contributed by atoms with Crippen LogP contribution in [-0.2, 0) is 6.54 Å².